The second-order valence-electron chi connectivity index (χ2n) is 4.46. The number of fused-ring (bicyclic) bond motifs is 1. The lowest BCUT2D eigenvalue weighted by atomic mass is 10.1. The molecule has 4 heteroatoms. The summed E-state index contributed by atoms with van der Waals surface area (Å²) < 4.78 is 11.0. The first-order valence-electron chi connectivity index (χ1n) is 6.70. The van der Waals surface area contributed by atoms with Gasteiger partial charge in [0.1, 0.15) is 11.5 Å². The van der Waals surface area contributed by atoms with Gasteiger partial charge in [-0.05, 0) is 48.4 Å². The monoisotopic (exact) mass is 274 g/mol. The molecular formula is C16H18O4. The third-order valence-corrected chi connectivity index (χ3v) is 3.02. The minimum atomic E-state index is -0.948. The molecule has 0 aromatic heterocycles. The summed E-state index contributed by atoms with van der Waals surface area (Å²) in [7, 11) is 0. The quantitative estimate of drug-likeness (QED) is 0.876. The van der Waals surface area contributed by atoms with Crippen molar-refractivity contribution >= 4 is 16.7 Å². The largest absolute Gasteiger partial charge is 0.494 e. The Kier molecular flexibility index (Phi) is 4.45. The van der Waals surface area contributed by atoms with Gasteiger partial charge in [0.15, 0.2) is 6.10 Å². The van der Waals surface area contributed by atoms with Crippen molar-refractivity contribution in [3.05, 3.63) is 36.4 Å². The van der Waals surface area contributed by atoms with Crippen LogP contribution < -0.4 is 9.47 Å². The highest BCUT2D eigenvalue weighted by molar-refractivity contribution is 5.85. The van der Waals surface area contributed by atoms with Gasteiger partial charge in [0, 0.05) is 0 Å². The van der Waals surface area contributed by atoms with Crippen molar-refractivity contribution in [1.29, 1.82) is 0 Å². The molecule has 0 amide bonds. The molecule has 0 bridgehead atoms. The van der Waals surface area contributed by atoms with Crippen LogP contribution in [0.5, 0.6) is 11.5 Å². The number of benzene rings is 2. The summed E-state index contributed by atoms with van der Waals surface area (Å²) in [6, 6.07) is 11.3. The zero-order valence-corrected chi connectivity index (χ0v) is 11.6. The molecule has 0 aliphatic heterocycles. The number of hydrogen-bond donors (Lipinski definition) is 1. The highest BCUT2D eigenvalue weighted by atomic mass is 16.5. The van der Waals surface area contributed by atoms with Crippen molar-refractivity contribution in [3.8, 4) is 11.5 Å². The highest BCUT2D eigenvalue weighted by Crippen LogP contribution is 2.26. The molecule has 0 aliphatic carbocycles. The minimum absolute atomic E-state index is 0.423. The van der Waals surface area contributed by atoms with Gasteiger partial charge >= 0.3 is 5.97 Å². The third-order valence-electron chi connectivity index (χ3n) is 3.02. The SMILES string of the molecule is CCOc1ccc2ccc(OC(CC)C(=O)O)cc2c1. The average molecular weight is 274 g/mol. The standard InChI is InChI=1S/C16H18O4/c1-3-15(16(17)18)20-14-8-6-11-5-7-13(19-4-2)9-12(11)10-14/h5-10,15H,3-4H2,1-2H3,(H,17,18). The maximum atomic E-state index is 11.0. The summed E-state index contributed by atoms with van der Waals surface area (Å²) in [6.07, 6.45) is -0.394. The number of carboxylic acid groups (broad SMARTS) is 1. The van der Waals surface area contributed by atoms with E-state index in [1.165, 1.54) is 0 Å². The summed E-state index contributed by atoms with van der Waals surface area (Å²) in [5.41, 5.74) is 0. The molecule has 20 heavy (non-hydrogen) atoms. The number of rotatable bonds is 6. The predicted octanol–water partition coefficient (Wildman–Crippen LogP) is 3.48. The highest BCUT2D eigenvalue weighted by Gasteiger charge is 2.16. The van der Waals surface area contributed by atoms with E-state index < -0.39 is 12.1 Å². The first-order valence-corrected chi connectivity index (χ1v) is 6.70. The number of carbonyl (C=O) groups is 1. The molecular weight excluding hydrogens is 256 g/mol. The average Bonchev–Trinajstić information content (AvgIpc) is 2.44. The Labute approximate surface area is 117 Å². The number of carboxylic acids is 1. The Morgan fingerprint density at radius 2 is 1.75 bits per heavy atom. The molecule has 2 aromatic rings. The van der Waals surface area contributed by atoms with Gasteiger partial charge < -0.3 is 14.6 Å². The van der Waals surface area contributed by atoms with E-state index >= 15 is 0 Å². The smallest absolute Gasteiger partial charge is 0.344 e. The number of hydrogen-bond acceptors (Lipinski definition) is 3. The van der Waals surface area contributed by atoms with Gasteiger partial charge in [0.25, 0.3) is 0 Å². The molecule has 0 saturated heterocycles. The van der Waals surface area contributed by atoms with E-state index in [1.54, 1.807) is 13.0 Å². The molecule has 0 radical (unpaired) electrons. The zero-order chi connectivity index (χ0) is 14.5. The van der Waals surface area contributed by atoms with Crippen LogP contribution in [0.25, 0.3) is 10.8 Å². The van der Waals surface area contributed by atoms with E-state index in [4.69, 9.17) is 14.6 Å². The van der Waals surface area contributed by atoms with Crippen molar-refractivity contribution in [1.82, 2.24) is 0 Å². The maximum Gasteiger partial charge on any atom is 0.344 e. The fraction of sp³-hybridized carbons (Fsp3) is 0.312. The Balaban J connectivity index is 2.29. The summed E-state index contributed by atoms with van der Waals surface area (Å²) in [5, 5.41) is 11.0. The van der Waals surface area contributed by atoms with Gasteiger partial charge in [-0.2, -0.15) is 0 Å². The van der Waals surface area contributed by atoms with E-state index in [2.05, 4.69) is 0 Å². The van der Waals surface area contributed by atoms with Crippen LogP contribution in [0, 0.1) is 0 Å². The Morgan fingerprint density at radius 1 is 1.10 bits per heavy atom. The van der Waals surface area contributed by atoms with Crippen LogP contribution in [0.1, 0.15) is 20.3 Å². The molecule has 1 unspecified atom stereocenters. The van der Waals surface area contributed by atoms with Crippen molar-refractivity contribution in [2.45, 2.75) is 26.4 Å². The van der Waals surface area contributed by atoms with Crippen molar-refractivity contribution in [2.24, 2.45) is 0 Å². The molecule has 2 rings (SSSR count). The molecule has 0 aliphatic rings. The molecule has 2 aromatic carbocycles. The van der Waals surface area contributed by atoms with E-state index in [0.29, 0.717) is 18.8 Å². The van der Waals surface area contributed by atoms with E-state index in [1.807, 2.05) is 37.3 Å². The first-order chi connectivity index (χ1) is 9.63. The number of ether oxygens (including phenoxy) is 2. The van der Waals surface area contributed by atoms with Crippen LogP contribution in [0.2, 0.25) is 0 Å². The van der Waals surface area contributed by atoms with Crippen LogP contribution in [-0.2, 0) is 4.79 Å². The summed E-state index contributed by atoms with van der Waals surface area (Å²) in [6.45, 7) is 4.33. The molecule has 4 nitrogen and oxygen atoms in total. The van der Waals surface area contributed by atoms with E-state index in [-0.39, 0.29) is 0 Å². The van der Waals surface area contributed by atoms with Gasteiger partial charge in [-0.15, -0.1) is 0 Å². The minimum Gasteiger partial charge on any atom is -0.494 e. The summed E-state index contributed by atoms with van der Waals surface area (Å²) in [4.78, 5) is 11.0. The summed E-state index contributed by atoms with van der Waals surface area (Å²) in [5.74, 6) is 0.401. The van der Waals surface area contributed by atoms with Crippen LogP contribution in [0.3, 0.4) is 0 Å². The second kappa shape index (κ2) is 6.28. The van der Waals surface area contributed by atoms with Crippen molar-refractivity contribution in [2.75, 3.05) is 6.61 Å². The third kappa shape index (κ3) is 3.20. The topological polar surface area (TPSA) is 55.8 Å². The lowest BCUT2D eigenvalue weighted by molar-refractivity contribution is -0.145. The Hall–Kier alpha value is -2.23. The lowest BCUT2D eigenvalue weighted by Gasteiger charge is -2.13. The first kappa shape index (κ1) is 14.2. The van der Waals surface area contributed by atoms with Gasteiger partial charge in [0.05, 0.1) is 6.61 Å². The fourth-order valence-corrected chi connectivity index (χ4v) is 2.01. The lowest BCUT2D eigenvalue weighted by Crippen LogP contribution is -2.25. The van der Waals surface area contributed by atoms with Crippen LogP contribution in [-0.4, -0.2) is 23.8 Å². The molecule has 0 saturated carbocycles. The normalized spacial score (nSPS) is 12.1. The van der Waals surface area contributed by atoms with Crippen LogP contribution in [0.15, 0.2) is 36.4 Å². The molecule has 0 heterocycles. The van der Waals surface area contributed by atoms with E-state index in [9.17, 15) is 4.79 Å². The molecule has 106 valence electrons. The van der Waals surface area contributed by atoms with Crippen LogP contribution in [0.4, 0.5) is 0 Å². The molecule has 0 fully saturated rings. The molecule has 1 N–H and O–H groups in total. The number of aliphatic carboxylic acids is 1. The van der Waals surface area contributed by atoms with Crippen molar-refractivity contribution in [3.63, 3.8) is 0 Å². The molecule has 1 atom stereocenters. The Bertz CT molecular complexity index is 606. The summed E-state index contributed by atoms with van der Waals surface area (Å²) >= 11 is 0. The van der Waals surface area contributed by atoms with Gasteiger partial charge in [-0.1, -0.05) is 19.1 Å². The van der Waals surface area contributed by atoms with Gasteiger partial charge in [0.2, 0.25) is 0 Å². The Morgan fingerprint density at radius 3 is 2.35 bits per heavy atom. The zero-order valence-electron chi connectivity index (χ0n) is 11.6. The maximum absolute atomic E-state index is 11.0. The fourth-order valence-electron chi connectivity index (χ4n) is 2.01. The van der Waals surface area contributed by atoms with Crippen molar-refractivity contribution < 1.29 is 19.4 Å². The van der Waals surface area contributed by atoms with Gasteiger partial charge in [-0.3, -0.25) is 0 Å². The molecule has 0 spiro atoms. The van der Waals surface area contributed by atoms with Gasteiger partial charge in [-0.25, -0.2) is 4.79 Å². The van der Waals surface area contributed by atoms with E-state index in [0.717, 1.165) is 16.5 Å². The van der Waals surface area contributed by atoms with Crippen LogP contribution >= 0.6 is 0 Å². The second-order valence-corrected chi connectivity index (χ2v) is 4.46. The predicted molar refractivity (Wildman–Crippen MR) is 77.5 cm³/mol.